The summed E-state index contributed by atoms with van der Waals surface area (Å²) in [5.41, 5.74) is 2.72. The SMILES string of the molecule is Cc1cc(N2CCC(NC(=O)c3cc(-c4cccnc4)on3)C2=O)ccc1Br. The highest BCUT2D eigenvalue weighted by Crippen LogP contribution is 2.27. The van der Waals surface area contributed by atoms with Gasteiger partial charge in [-0.25, -0.2) is 0 Å². The van der Waals surface area contributed by atoms with Crippen molar-refractivity contribution in [3.8, 4) is 11.3 Å². The Labute approximate surface area is 169 Å². The molecule has 1 unspecified atom stereocenters. The number of nitrogens with zero attached hydrogens (tertiary/aromatic N) is 3. The first-order chi connectivity index (χ1) is 13.5. The highest BCUT2D eigenvalue weighted by Gasteiger charge is 2.34. The van der Waals surface area contributed by atoms with Crippen molar-refractivity contribution in [3.05, 3.63) is 64.5 Å². The first kappa shape index (κ1) is 18.4. The van der Waals surface area contributed by atoms with E-state index < -0.39 is 11.9 Å². The maximum Gasteiger partial charge on any atom is 0.274 e. The third-order valence-electron chi connectivity index (χ3n) is 4.65. The number of carbonyl (C=O) groups excluding carboxylic acids is 2. The monoisotopic (exact) mass is 440 g/mol. The average Bonchev–Trinajstić information content (AvgIpc) is 3.33. The molecule has 142 valence electrons. The summed E-state index contributed by atoms with van der Waals surface area (Å²) in [6, 6.07) is 10.3. The molecule has 0 spiro atoms. The molecule has 0 radical (unpaired) electrons. The predicted octanol–water partition coefficient (Wildman–Crippen LogP) is 3.34. The Balaban J connectivity index is 1.45. The lowest BCUT2D eigenvalue weighted by molar-refractivity contribution is -0.118. The van der Waals surface area contributed by atoms with Crippen molar-refractivity contribution in [1.82, 2.24) is 15.5 Å². The fourth-order valence-electron chi connectivity index (χ4n) is 3.13. The van der Waals surface area contributed by atoms with Crippen LogP contribution >= 0.6 is 15.9 Å². The summed E-state index contributed by atoms with van der Waals surface area (Å²) in [5, 5.41) is 6.57. The maximum atomic E-state index is 12.7. The lowest BCUT2D eigenvalue weighted by Gasteiger charge is -2.18. The average molecular weight is 441 g/mol. The molecule has 0 bridgehead atoms. The van der Waals surface area contributed by atoms with Gasteiger partial charge in [0.05, 0.1) is 0 Å². The summed E-state index contributed by atoms with van der Waals surface area (Å²) in [6.45, 7) is 2.52. The van der Waals surface area contributed by atoms with Crippen molar-refractivity contribution >= 4 is 33.4 Å². The van der Waals surface area contributed by atoms with Crippen molar-refractivity contribution in [2.75, 3.05) is 11.4 Å². The van der Waals surface area contributed by atoms with E-state index in [1.165, 1.54) is 0 Å². The first-order valence-corrected chi connectivity index (χ1v) is 9.58. The molecule has 8 heteroatoms. The van der Waals surface area contributed by atoms with Gasteiger partial charge in [-0.2, -0.15) is 0 Å². The number of aryl methyl sites for hydroxylation is 1. The minimum atomic E-state index is -0.588. The molecule has 1 fully saturated rings. The molecule has 1 saturated heterocycles. The number of hydrogen-bond acceptors (Lipinski definition) is 5. The van der Waals surface area contributed by atoms with Crippen molar-refractivity contribution in [1.29, 1.82) is 0 Å². The third kappa shape index (κ3) is 3.55. The van der Waals surface area contributed by atoms with Crippen molar-refractivity contribution < 1.29 is 14.1 Å². The van der Waals surface area contributed by atoms with Crippen LogP contribution in [0.1, 0.15) is 22.5 Å². The molecule has 3 aromatic rings. The normalized spacial score (nSPS) is 16.4. The second-order valence-electron chi connectivity index (χ2n) is 6.56. The van der Waals surface area contributed by atoms with Crippen molar-refractivity contribution in [3.63, 3.8) is 0 Å². The second kappa shape index (κ2) is 7.55. The van der Waals surface area contributed by atoms with E-state index in [0.717, 1.165) is 21.3 Å². The maximum absolute atomic E-state index is 12.7. The van der Waals surface area contributed by atoms with Gasteiger partial charge in [-0.05, 0) is 49.2 Å². The molecule has 3 heterocycles. The number of anilines is 1. The number of carbonyl (C=O) groups is 2. The van der Waals surface area contributed by atoms with Gasteiger partial charge < -0.3 is 14.7 Å². The summed E-state index contributed by atoms with van der Waals surface area (Å²) in [5.74, 6) is -0.125. The second-order valence-corrected chi connectivity index (χ2v) is 7.41. The van der Waals surface area contributed by atoms with Crippen LogP contribution in [0.2, 0.25) is 0 Å². The quantitative estimate of drug-likeness (QED) is 0.671. The molecule has 1 aliphatic rings. The van der Waals surface area contributed by atoms with Gasteiger partial charge in [-0.15, -0.1) is 0 Å². The van der Waals surface area contributed by atoms with Crippen LogP contribution in [0, 0.1) is 6.92 Å². The third-order valence-corrected chi connectivity index (χ3v) is 5.54. The van der Waals surface area contributed by atoms with Crippen LogP contribution in [0.25, 0.3) is 11.3 Å². The minimum Gasteiger partial charge on any atom is -0.355 e. The molecule has 2 amide bonds. The van der Waals surface area contributed by atoms with Crippen LogP contribution in [0.3, 0.4) is 0 Å². The van der Waals surface area contributed by atoms with E-state index in [0.29, 0.717) is 18.7 Å². The molecular weight excluding hydrogens is 424 g/mol. The Bertz CT molecular complexity index is 1030. The molecule has 4 rings (SSSR count). The summed E-state index contributed by atoms with van der Waals surface area (Å²) in [6.07, 6.45) is 3.81. The van der Waals surface area contributed by atoms with Gasteiger partial charge >= 0.3 is 0 Å². The van der Waals surface area contributed by atoms with Gasteiger partial charge in [-0.3, -0.25) is 14.6 Å². The standard InChI is InChI=1S/C20H17BrN4O3/c1-12-9-14(4-5-15(12)21)25-8-6-16(20(25)27)23-19(26)17-10-18(28-24-17)13-3-2-7-22-11-13/h2-5,7,9-11,16H,6,8H2,1H3,(H,23,26). The summed E-state index contributed by atoms with van der Waals surface area (Å²) < 4.78 is 6.22. The number of nitrogens with one attached hydrogen (secondary N) is 1. The van der Waals surface area contributed by atoms with Crippen LogP contribution in [-0.4, -0.2) is 34.5 Å². The zero-order valence-electron chi connectivity index (χ0n) is 15.1. The molecule has 0 aliphatic carbocycles. The van der Waals surface area contributed by atoms with Gasteiger partial charge in [0.15, 0.2) is 11.5 Å². The van der Waals surface area contributed by atoms with Crippen LogP contribution in [-0.2, 0) is 4.79 Å². The molecule has 28 heavy (non-hydrogen) atoms. The Hall–Kier alpha value is -3.00. The Morgan fingerprint density at radius 3 is 2.93 bits per heavy atom. The lowest BCUT2D eigenvalue weighted by atomic mass is 10.2. The fourth-order valence-corrected chi connectivity index (χ4v) is 3.37. The fraction of sp³-hybridized carbons (Fsp3) is 0.200. The highest BCUT2D eigenvalue weighted by atomic mass is 79.9. The zero-order valence-corrected chi connectivity index (χ0v) is 16.6. The molecule has 2 aromatic heterocycles. The van der Waals surface area contributed by atoms with Gasteiger partial charge in [0.25, 0.3) is 5.91 Å². The Kier molecular flexibility index (Phi) is 4.95. The Morgan fingerprint density at radius 2 is 2.18 bits per heavy atom. The number of amides is 2. The number of hydrogen-bond donors (Lipinski definition) is 1. The van der Waals surface area contributed by atoms with Gasteiger partial charge in [0.2, 0.25) is 5.91 Å². The van der Waals surface area contributed by atoms with Crippen molar-refractivity contribution in [2.24, 2.45) is 0 Å². The molecular formula is C20H17BrN4O3. The van der Waals surface area contributed by atoms with Crippen molar-refractivity contribution in [2.45, 2.75) is 19.4 Å². The number of aromatic nitrogens is 2. The van der Waals surface area contributed by atoms with E-state index >= 15 is 0 Å². The molecule has 0 saturated carbocycles. The van der Waals surface area contributed by atoms with E-state index in [1.54, 1.807) is 29.4 Å². The summed E-state index contributed by atoms with van der Waals surface area (Å²) >= 11 is 3.46. The molecule has 1 aromatic carbocycles. The van der Waals surface area contributed by atoms with Gasteiger partial charge in [0.1, 0.15) is 6.04 Å². The van der Waals surface area contributed by atoms with Gasteiger partial charge in [0, 0.05) is 40.7 Å². The number of pyridine rings is 1. The van der Waals surface area contributed by atoms with Crippen LogP contribution < -0.4 is 10.2 Å². The zero-order chi connectivity index (χ0) is 19.7. The summed E-state index contributed by atoms with van der Waals surface area (Å²) in [4.78, 5) is 31.0. The number of rotatable bonds is 4. The first-order valence-electron chi connectivity index (χ1n) is 8.78. The molecule has 1 aliphatic heterocycles. The number of benzene rings is 1. The molecule has 7 nitrogen and oxygen atoms in total. The lowest BCUT2D eigenvalue weighted by Crippen LogP contribution is -2.41. The Morgan fingerprint density at radius 1 is 1.32 bits per heavy atom. The van der Waals surface area contributed by atoms with Crippen LogP contribution in [0.4, 0.5) is 5.69 Å². The van der Waals surface area contributed by atoms with E-state index in [4.69, 9.17) is 4.52 Å². The molecule has 1 N–H and O–H groups in total. The number of halogens is 1. The minimum absolute atomic E-state index is 0.129. The largest absolute Gasteiger partial charge is 0.355 e. The van der Waals surface area contributed by atoms with E-state index in [9.17, 15) is 9.59 Å². The van der Waals surface area contributed by atoms with Gasteiger partial charge in [-0.1, -0.05) is 21.1 Å². The molecule has 1 atom stereocenters. The highest BCUT2D eigenvalue weighted by molar-refractivity contribution is 9.10. The van der Waals surface area contributed by atoms with Crippen LogP contribution in [0.5, 0.6) is 0 Å². The van der Waals surface area contributed by atoms with E-state index in [2.05, 4.69) is 31.4 Å². The van der Waals surface area contributed by atoms with E-state index in [1.807, 2.05) is 31.2 Å². The smallest absolute Gasteiger partial charge is 0.274 e. The van der Waals surface area contributed by atoms with E-state index in [-0.39, 0.29) is 11.6 Å². The van der Waals surface area contributed by atoms with Crippen LogP contribution in [0.15, 0.2) is 57.8 Å². The topological polar surface area (TPSA) is 88.3 Å². The predicted molar refractivity (Wildman–Crippen MR) is 107 cm³/mol. The summed E-state index contributed by atoms with van der Waals surface area (Å²) in [7, 11) is 0.